The number of halogens is 1. The molecular weight excluding hydrogens is 259 g/mol. The number of hydrogen-bond donors (Lipinski definition) is 1. The molecule has 0 radical (unpaired) electrons. The molecular formula is C14H19FN4O. The quantitative estimate of drug-likeness (QED) is 0.878. The molecule has 1 aromatic carbocycles. The van der Waals surface area contributed by atoms with E-state index in [1.54, 1.807) is 10.7 Å². The summed E-state index contributed by atoms with van der Waals surface area (Å²) < 4.78 is 21.2. The number of nitrogens with zero attached hydrogens (tertiary/aromatic N) is 3. The number of hydrogen-bond acceptors (Lipinski definition) is 4. The van der Waals surface area contributed by atoms with Crippen molar-refractivity contribution in [3.8, 4) is 5.75 Å². The lowest BCUT2D eigenvalue weighted by Gasteiger charge is -2.13. The van der Waals surface area contributed by atoms with E-state index in [0.717, 1.165) is 5.56 Å². The molecule has 2 rings (SSSR count). The minimum absolute atomic E-state index is 0.177. The highest BCUT2D eigenvalue weighted by Gasteiger charge is 2.13. The zero-order valence-electron chi connectivity index (χ0n) is 11.7. The van der Waals surface area contributed by atoms with Crippen molar-refractivity contribution in [1.29, 1.82) is 0 Å². The predicted molar refractivity (Wildman–Crippen MR) is 73.9 cm³/mol. The van der Waals surface area contributed by atoms with Gasteiger partial charge in [0.2, 0.25) is 0 Å². The van der Waals surface area contributed by atoms with Crippen LogP contribution in [0.1, 0.15) is 31.3 Å². The Labute approximate surface area is 117 Å². The molecule has 2 N–H and O–H groups in total. The molecule has 0 amide bonds. The summed E-state index contributed by atoms with van der Waals surface area (Å²) in [5, 5.41) is 4.12. The molecule has 2 aromatic rings. The van der Waals surface area contributed by atoms with Crippen molar-refractivity contribution in [2.24, 2.45) is 5.73 Å². The first kappa shape index (κ1) is 14.5. The van der Waals surface area contributed by atoms with E-state index < -0.39 is 0 Å². The molecule has 0 spiro atoms. The maximum Gasteiger partial charge on any atom is 0.165 e. The fourth-order valence-corrected chi connectivity index (χ4v) is 2.01. The van der Waals surface area contributed by atoms with Crippen molar-refractivity contribution in [3.63, 3.8) is 0 Å². The van der Waals surface area contributed by atoms with Gasteiger partial charge in [0.1, 0.15) is 12.9 Å². The fourth-order valence-electron chi connectivity index (χ4n) is 2.01. The van der Waals surface area contributed by atoms with Crippen molar-refractivity contribution < 1.29 is 9.13 Å². The Morgan fingerprint density at radius 1 is 1.40 bits per heavy atom. The van der Waals surface area contributed by atoms with E-state index in [1.165, 1.54) is 12.4 Å². The standard InChI is InChI=1S/C14H19FN4O/c1-10(2)19-13(17-9-18-19)8-20-14-11(6-7-16)4-3-5-12(14)15/h3-5,9-10H,6-8,16H2,1-2H3. The summed E-state index contributed by atoms with van der Waals surface area (Å²) in [4.78, 5) is 4.14. The number of nitrogens with two attached hydrogens (primary N) is 1. The third-order valence-electron chi connectivity index (χ3n) is 2.94. The fraction of sp³-hybridized carbons (Fsp3) is 0.429. The van der Waals surface area contributed by atoms with Crippen LogP contribution in [0.4, 0.5) is 4.39 Å². The van der Waals surface area contributed by atoms with E-state index in [4.69, 9.17) is 10.5 Å². The Morgan fingerprint density at radius 2 is 2.20 bits per heavy atom. The first-order chi connectivity index (χ1) is 9.63. The van der Waals surface area contributed by atoms with E-state index in [9.17, 15) is 4.39 Å². The van der Waals surface area contributed by atoms with E-state index in [2.05, 4.69) is 10.1 Å². The summed E-state index contributed by atoms with van der Waals surface area (Å²) in [5.41, 5.74) is 6.30. The SMILES string of the molecule is CC(C)n1ncnc1COc1c(F)cccc1CCN. The van der Waals surface area contributed by atoms with Crippen LogP contribution in [0.2, 0.25) is 0 Å². The van der Waals surface area contributed by atoms with Crippen LogP contribution in [0, 0.1) is 5.82 Å². The van der Waals surface area contributed by atoms with Crippen molar-refractivity contribution >= 4 is 0 Å². The van der Waals surface area contributed by atoms with Crippen molar-refractivity contribution in [3.05, 3.63) is 41.7 Å². The minimum atomic E-state index is -0.383. The lowest BCUT2D eigenvalue weighted by molar-refractivity contribution is 0.266. The second kappa shape index (κ2) is 6.47. The Hall–Kier alpha value is -1.95. The number of ether oxygens (including phenoxy) is 1. The van der Waals surface area contributed by atoms with Crippen molar-refractivity contribution in [2.75, 3.05) is 6.54 Å². The number of aromatic nitrogens is 3. The normalized spacial score (nSPS) is 11.1. The Morgan fingerprint density at radius 3 is 2.90 bits per heavy atom. The predicted octanol–water partition coefficient (Wildman–Crippen LogP) is 2.08. The molecule has 0 saturated heterocycles. The smallest absolute Gasteiger partial charge is 0.165 e. The summed E-state index contributed by atoms with van der Waals surface area (Å²) in [7, 11) is 0. The summed E-state index contributed by atoms with van der Waals surface area (Å²) in [6.45, 7) is 4.63. The van der Waals surface area contributed by atoms with Gasteiger partial charge in [0.05, 0.1) is 0 Å². The monoisotopic (exact) mass is 278 g/mol. The molecule has 0 aliphatic rings. The molecule has 0 aliphatic carbocycles. The van der Waals surface area contributed by atoms with Crippen LogP contribution in [0.15, 0.2) is 24.5 Å². The Kier molecular flexibility index (Phi) is 4.68. The van der Waals surface area contributed by atoms with Gasteiger partial charge in [-0.15, -0.1) is 0 Å². The largest absolute Gasteiger partial charge is 0.482 e. The first-order valence-corrected chi connectivity index (χ1v) is 6.62. The van der Waals surface area contributed by atoms with E-state index in [0.29, 0.717) is 18.8 Å². The van der Waals surface area contributed by atoms with Gasteiger partial charge in [0.25, 0.3) is 0 Å². The van der Waals surface area contributed by atoms with Crippen LogP contribution in [0.25, 0.3) is 0 Å². The van der Waals surface area contributed by atoms with Gasteiger partial charge < -0.3 is 10.5 Å². The number of para-hydroxylation sites is 1. The van der Waals surface area contributed by atoms with Gasteiger partial charge in [-0.2, -0.15) is 5.10 Å². The molecule has 0 saturated carbocycles. The third-order valence-corrected chi connectivity index (χ3v) is 2.94. The minimum Gasteiger partial charge on any atom is -0.482 e. The van der Waals surface area contributed by atoms with Gasteiger partial charge >= 0.3 is 0 Å². The average Bonchev–Trinajstić information content (AvgIpc) is 2.87. The van der Waals surface area contributed by atoms with Gasteiger partial charge in [-0.25, -0.2) is 14.1 Å². The van der Waals surface area contributed by atoms with Gasteiger partial charge in [-0.3, -0.25) is 0 Å². The van der Waals surface area contributed by atoms with Crippen LogP contribution in [-0.4, -0.2) is 21.3 Å². The molecule has 20 heavy (non-hydrogen) atoms. The van der Waals surface area contributed by atoms with E-state index in [1.807, 2.05) is 19.9 Å². The van der Waals surface area contributed by atoms with Gasteiger partial charge in [0, 0.05) is 6.04 Å². The second-order valence-electron chi connectivity index (χ2n) is 4.77. The van der Waals surface area contributed by atoms with Crippen LogP contribution in [0.5, 0.6) is 5.75 Å². The zero-order valence-corrected chi connectivity index (χ0v) is 11.7. The molecule has 0 fully saturated rings. The van der Waals surface area contributed by atoms with E-state index in [-0.39, 0.29) is 24.2 Å². The summed E-state index contributed by atoms with van der Waals surface area (Å²) in [6, 6.07) is 5.03. The molecule has 108 valence electrons. The zero-order chi connectivity index (χ0) is 14.5. The topological polar surface area (TPSA) is 66.0 Å². The third kappa shape index (κ3) is 3.14. The lowest BCUT2D eigenvalue weighted by atomic mass is 10.1. The maximum atomic E-state index is 13.9. The van der Waals surface area contributed by atoms with Crippen LogP contribution in [-0.2, 0) is 13.0 Å². The van der Waals surface area contributed by atoms with Gasteiger partial charge in [0.15, 0.2) is 17.4 Å². The van der Waals surface area contributed by atoms with Crippen LogP contribution >= 0.6 is 0 Å². The molecule has 1 aromatic heterocycles. The Bertz CT molecular complexity index is 568. The van der Waals surface area contributed by atoms with Gasteiger partial charge in [-0.05, 0) is 38.4 Å². The van der Waals surface area contributed by atoms with Crippen LogP contribution < -0.4 is 10.5 Å². The summed E-state index contributed by atoms with van der Waals surface area (Å²) in [5.74, 6) is 0.532. The highest BCUT2D eigenvalue weighted by molar-refractivity contribution is 5.35. The molecule has 0 atom stereocenters. The number of benzene rings is 1. The maximum absolute atomic E-state index is 13.9. The van der Waals surface area contributed by atoms with Crippen molar-refractivity contribution in [1.82, 2.24) is 14.8 Å². The highest BCUT2D eigenvalue weighted by atomic mass is 19.1. The first-order valence-electron chi connectivity index (χ1n) is 6.62. The molecule has 5 nitrogen and oxygen atoms in total. The Balaban J connectivity index is 2.16. The van der Waals surface area contributed by atoms with Crippen molar-refractivity contribution in [2.45, 2.75) is 32.9 Å². The molecule has 0 bridgehead atoms. The second-order valence-corrected chi connectivity index (χ2v) is 4.77. The number of rotatable bonds is 6. The lowest BCUT2D eigenvalue weighted by Crippen LogP contribution is -2.12. The molecule has 0 aliphatic heterocycles. The summed E-state index contributed by atoms with van der Waals surface area (Å²) >= 11 is 0. The summed E-state index contributed by atoms with van der Waals surface area (Å²) in [6.07, 6.45) is 2.05. The highest BCUT2D eigenvalue weighted by Crippen LogP contribution is 2.24. The average molecular weight is 278 g/mol. The molecule has 0 unspecified atom stereocenters. The molecule has 6 heteroatoms. The van der Waals surface area contributed by atoms with Crippen LogP contribution in [0.3, 0.4) is 0 Å². The van der Waals surface area contributed by atoms with Gasteiger partial charge in [-0.1, -0.05) is 12.1 Å². The van der Waals surface area contributed by atoms with E-state index >= 15 is 0 Å². The molecule has 1 heterocycles.